The molecule has 0 radical (unpaired) electrons. The number of rotatable bonds is 5. The van der Waals surface area contributed by atoms with Crippen LogP contribution < -0.4 is 0 Å². The van der Waals surface area contributed by atoms with Crippen LogP contribution in [-0.2, 0) is 11.3 Å². The molecule has 1 aromatic carbocycles. The Morgan fingerprint density at radius 1 is 1.38 bits per heavy atom. The Bertz CT molecular complexity index is 362. The van der Waals surface area contributed by atoms with Gasteiger partial charge < -0.3 is 5.11 Å². The van der Waals surface area contributed by atoms with Crippen molar-refractivity contribution in [2.75, 3.05) is 13.1 Å². The predicted molar refractivity (Wildman–Crippen MR) is 65.0 cm³/mol. The Morgan fingerprint density at radius 2 is 1.94 bits per heavy atom. The first-order chi connectivity index (χ1) is 7.54. The van der Waals surface area contributed by atoms with E-state index < -0.39 is 5.97 Å². The van der Waals surface area contributed by atoms with E-state index in [4.69, 9.17) is 28.3 Å². The largest absolute Gasteiger partial charge is 0.480 e. The van der Waals surface area contributed by atoms with Crippen LogP contribution in [0.5, 0.6) is 0 Å². The number of halogens is 2. The summed E-state index contributed by atoms with van der Waals surface area (Å²) >= 11 is 12.0. The van der Waals surface area contributed by atoms with Crippen molar-refractivity contribution >= 4 is 29.2 Å². The number of carbonyl (C=O) groups is 1. The molecule has 0 aliphatic carbocycles. The van der Waals surface area contributed by atoms with E-state index in [2.05, 4.69) is 0 Å². The van der Waals surface area contributed by atoms with Crippen LogP contribution in [0.3, 0.4) is 0 Å². The third kappa shape index (κ3) is 3.67. The summed E-state index contributed by atoms with van der Waals surface area (Å²) in [6.45, 7) is 2.96. The lowest BCUT2D eigenvalue weighted by atomic mass is 10.2. The van der Waals surface area contributed by atoms with Gasteiger partial charge in [-0.05, 0) is 18.7 Å². The molecular weight excluding hydrogens is 249 g/mol. The van der Waals surface area contributed by atoms with Crippen molar-refractivity contribution in [1.82, 2.24) is 4.90 Å². The third-order valence-electron chi connectivity index (χ3n) is 2.25. The van der Waals surface area contributed by atoms with Crippen molar-refractivity contribution in [3.8, 4) is 0 Å². The molecule has 88 valence electrons. The molecule has 0 heterocycles. The predicted octanol–water partition coefficient (Wildman–Crippen LogP) is 2.90. The van der Waals surface area contributed by atoms with Crippen molar-refractivity contribution in [3.05, 3.63) is 33.8 Å². The molecule has 3 nitrogen and oxygen atoms in total. The quantitative estimate of drug-likeness (QED) is 0.886. The number of carboxylic acid groups (broad SMARTS) is 1. The zero-order valence-corrected chi connectivity index (χ0v) is 10.4. The van der Waals surface area contributed by atoms with Crippen LogP contribution in [0, 0.1) is 0 Å². The second kappa shape index (κ2) is 6.09. The minimum Gasteiger partial charge on any atom is -0.480 e. The molecule has 0 saturated heterocycles. The first kappa shape index (κ1) is 13.3. The molecule has 1 rings (SSSR count). The monoisotopic (exact) mass is 261 g/mol. The first-order valence-corrected chi connectivity index (χ1v) is 5.67. The molecule has 0 amide bonds. The van der Waals surface area contributed by atoms with E-state index in [0.717, 1.165) is 5.56 Å². The molecule has 1 aromatic rings. The molecule has 0 unspecified atom stereocenters. The summed E-state index contributed by atoms with van der Waals surface area (Å²) in [7, 11) is 0. The molecule has 16 heavy (non-hydrogen) atoms. The summed E-state index contributed by atoms with van der Waals surface area (Å²) < 4.78 is 0. The first-order valence-electron chi connectivity index (χ1n) is 4.91. The Hall–Kier alpha value is -0.770. The van der Waals surface area contributed by atoms with Crippen LogP contribution in [0.1, 0.15) is 12.5 Å². The number of hydrogen-bond acceptors (Lipinski definition) is 2. The van der Waals surface area contributed by atoms with Gasteiger partial charge in [-0.3, -0.25) is 9.69 Å². The van der Waals surface area contributed by atoms with Crippen molar-refractivity contribution in [2.45, 2.75) is 13.5 Å². The number of likely N-dealkylation sites (N-methyl/N-ethyl adjacent to an activating group) is 1. The molecule has 0 bridgehead atoms. The van der Waals surface area contributed by atoms with Gasteiger partial charge in [-0.1, -0.05) is 36.2 Å². The maximum atomic E-state index is 10.6. The smallest absolute Gasteiger partial charge is 0.317 e. The van der Waals surface area contributed by atoms with Gasteiger partial charge in [-0.25, -0.2) is 0 Å². The SMILES string of the molecule is CCN(CC(=O)O)Cc1c(Cl)cccc1Cl. The molecule has 0 fully saturated rings. The van der Waals surface area contributed by atoms with Crippen LogP contribution in [0.15, 0.2) is 18.2 Å². The van der Waals surface area contributed by atoms with Gasteiger partial charge in [0, 0.05) is 22.2 Å². The molecule has 0 spiro atoms. The molecule has 0 atom stereocenters. The average molecular weight is 262 g/mol. The lowest BCUT2D eigenvalue weighted by molar-refractivity contribution is -0.138. The van der Waals surface area contributed by atoms with E-state index >= 15 is 0 Å². The summed E-state index contributed by atoms with van der Waals surface area (Å²) in [4.78, 5) is 12.4. The van der Waals surface area contributed by atoms with Gasteiger partial charge in [0.2, 0.25) is 0 Å². The van der Waals surface area contributed by atoms with E-state index in [9.17, 15) is 4.79 Å². The summed E-state index contributed by atoms with van der Waals surface area (Å²) in [6.07, 6.45) is 0. The maximum Gasteiger partial charge on any atom is 0.317 e. The van der Waals surface area contributed by atoms with Crippen LogP contribution in [0.2, 0.25) is 10.0 Å². The number of nitrogens with zero attached hydrogens (tertiary/aromatic N) is 1. The molecule has 0 saturated carbocycles. The van der Waals surface area contributed by atoms with Crippen molar-refractivity contribution in [1.29, 1.82) is 0 Å². The lowest BCUT2D eigenvalue weighted by Gasteiger charge is -2.19. The minimum absolute atomic E-state index is 0.0158. The minimum atomic E-state index is -0.856. The molecule has 5 heteroatoms. The fraction of sp³-hybridized carbons (Fsp3) is 0.364. The van der Waals surface area contributed by atoms with E-state index in [1.807, 2.05) is 6.92 Å². The average Bonchev–Trinajstić information content (AvgIpc) is 2.21. The van der Waals surface area contributed by atoms with Gasteiger partial charge in [0.05, 0.1) is 6.54 Å². The van der Waals surface area contributed by atoms with Gasteiger partial charge in [-0.15, -0.1) is 0 Å². The van der Waals surface area contributed by atoms with Gasteiger partial charge in [0.1, 0.15) is 0 Å². The van der Waals surface area contributed by atoms with Crippen molar-refractivity contribution in [2.24, 2.45) is 0 Å². The van der Waals surface area contributed by atoms with E-state index in [0.29, 0.717) is 23.1 Å². The molecule has 1 N–H and O–H groups in total. The highest BCUT2D eigenvalue weighted by Crippen LogP contribution is 2.25. The normalized spacial score (nSPS) is 10.8. The van der Waals surface area contributed by atoms with Gasteiger partial charge in [0.25, 0.3) is 0 Å². The Labute approximate surface area is 105 Å². The summed E-state index contributed by atoms with van der Waals surface area (Å²) in [5.41, 5.74) is 0.772. The standard InChI is InChI=1S/C11H13Cl2NO2/c1-2-14(7-11(15)16)6-8-9(12)4-3-5-10(8)13/h3-5H,2,6-7H2,1H3,(H,15,16). The summed E-state index contributed by atoms with van der Waals surface area (Å²) in [5, 5.41) is 9.86. The Morgan fingerprint density at radius 3 is 2.38 bits per heavy atom. The zero-order chi connectivity index (χ0) is 12.1. The Kier molecular flexibility index (Phi) is 5.06. The molecule has 0 aliphatic heterocycles. The van der Waals surface area contributed by atoms with Crippen LogP contribution >= 0.6 is 23.2 Å². The van der Waals surface area contributed by atoms with E-state index in [1.54, 1.807) is 23.1 Å². The van der Waals surface area contributed by atoms with Gasteiger partial charge in [0.15, 0.2) is 0 Å². The van der Waals surface area contributed by atoms with E-state index in [1.165, 1.54) is 0 Å². The second-order valence-corrected chi connectivity index (χ2v) is 4.21. The number of carboxylic acids is 1. The molecule has 0 aromatic heterocycles. The summed E-state index contributed by atoms with van der Waals surface area (Å²) in [5.74, 6) is -0.856. The second-order valence-electron chi connectivity index (χ2n) is 3.40. The highest BCUT2D eigenvalue weighted by molar-refractivity contribution is 6.35. The fourth-order valence-corrected chi connectivity index (χ4v) is 1.89. The fourth-order valence-electron chi connectivity index (χ4n) is 1.38. The van der Waals surface area contributed by atoms with Crippen molar-refractivity contribution < 1.29 is 9.90 Å². The lowest BCUT2D eigenvalue weighted by Crippen LogP contribution is -2.29. The topological polar surface area (TPSA) is 40.5 Å². The maximum absolute atomic E-state index is 10.6. The van der Waals surface area contributed by atoms with Crippen LogP contribution in [0.25, 0.3) is 0 Å². The van der Waals surface area contributed by atoms with Gasteiger partial charge >= 0.3 is 5.97 Å². The molecular formula is C11H13Cl2NO2. The van der Waals surface area contributed by atoms with Crippen LogP contribution in [0.4, 0.5) is 0 Å². The third-order valence-corrected chi connectivity index (χ3v) is 2.96. The summed E-state index contributed by atoms with van der Waals surface area (Å²) in [6, 6.07) is 5.26. The highest BCUT2D eigenvalue weighted by atomic mass is 35.5. The highest BCUT2D eigenvalue weighted by Gasteiger charge is 2.12. The zero-order valence-electron chi connectivity index (χ0n) is 8.91. The number of hydrogen-bond donors (Lipinski definition) is 1. The van der Waals surface area contributed by atoms with E-state index in [-0.39, 0.29) is 6.54 Å². The number of benzene rings is 1. The Balaban J connectivity index is 2.81. The number of aliphatic carboxylic acids is 1. The van der Waals surface area contributed by atoms with Gasteiger partial charge in [-0.2, -0.15) is 0 Å². The molecule has 0 aliphatic rings. The van der Waals surface area contributed by atoms with Crippen molar-refractivity contribution in [3.63, 3.8) is 0 Å². The van der Waals surface area contributed by atoms with Crippen LogP contribution in [-0.4, -0.2) is 29.1 Å².